The Kier molecular flexibility index (Phi) is 6.71. The van der Waals surface area contributed by atoms with Crippen LogP contribution in [-0.4, -0.2) is 71.1 Å². The standard InChI is InChI=1S/C25H35N7O2/c1-30-24-21(17-27-30)23(26-16-18-15-20(33-2)9-10-22(18)34-3)28-25(29-24)32-13-11-31(12-14-32)19-7-5-4-6-8-19/h9-10,15,17,19H,4-8,11-14,16H2,1-3H3,(H,26,28,29). The van der Waals surface area contributed by atoms with Gasteiger partial charge < -0.3 is 19.7 Å². The molecule has 1 N–H and O–H groups in total. The summed E-state index contributed by atoms with van der Waals surface area (Å²) in [6, 6.07) is 6.56. The Hall–Kier alpha value is -3.07. The van der Waals surface area contributed by atoms with E-state index in [-0.39, 0.29) is 0 Å². The predicted molar refractivity (Wildman–Crippen MR) is 134 cm³/mol. The smallest absolute Gasteiger partial charge is 0.229 e. The summed E-state index contributed by atoms with van der Waals surface area (Å²) < 4.78 is 12.8. The fourth-order valence-corrected chi connectivity index (χ4v) is 5.22. The molecule has 0 spiro atoms. The Bertz CT molecular complexity index is 1120. The molecular weight excluding hydrogens is 430 g/mol. The molecule has 9 heteroatoms. The lowest BCUT2D eigenvalue weighted by molar-refractivity contribution is 0.147. The zero-order valence-electron chi connectivity index (χ0n) is 20.5. The van der Waals surface area contributed by atoms with Crippen molar-refractivity contribution in [1.29, 1.82) is 0 Å². The molecular formula is C25H35N7O2. The summed E-state index contributed by atoms with van der Waals surface area (Å²) in [4.78, 5) is 14.8. The van der Waals surface area contributed by atoms with Crippen LogP contribution in [-0.2, 0) is 13.6 Å². The Balaban J connectivity index is 1.35. The van der Waals surface area contributed by atoms with Crippen molar-refractivity contribution in [2.75, 3.05) is 50.6 Å². The summed E-state index contributed by atoms with van der Waals surface area (Å²) in [6.45, 7) is 4.59. The van der Waals surface area contributed by atoms with Crippen LogP contribution in [0.1, 0.15) is 37.7 Å². The van der Waals surface area contributed by atoms with E-state index in [0.717, 1.165) is 72.1 Å². The van der Waals surface area contributed by atoms with E-state index in [2.05, 4.69) is 20.2 Å². The van der Waals surface area contributed by atoms with E-state index in [1.165, 1.54) is 32.1 Å². The quantitative estimate of drug-likeness (QED) is 0.568. The van der Waals surface area contributed by atoms with Crippen LogP contribution >= 0.6 is 0 Å². The highest BCUT2D eigenvalue weighted by atomic mass is 16.5. The molecule has 2 aromatic heterocycles. The number of fused-ring (bicyclic) bond motifs is 1. The predicted octanol–water partition coefficient (Wildman–Crippen LogP) is 3.45. The molecule has 0 unspecified atom stereocenters. The molecule has 1 aliphatic heterocycles. The fraction of sp³-hybridized carbons (Fsp3) is 0.560. The lowest BCUT2D eigenvalue weighted by Gasteiger charge is -2.40. The minimum absolute atomic E-state index is 0.552. The van der Waals surface area contributed by atoms with Crippen molar-refractivity contribution in [3.05, 3.63) is 30.0 Å². The van der Waals surface area contributed by atoms with E-state index in [1.807, 2.05) is 36.1 Å². The first-order chi connectivity index (χ1) is 16.7. The van der Waals surface area contributed by atoms with Crippen molar-refractivity contribution in [3.8, 4) is 11.5 Å². The molecule has 3 aromatic rings. The van der Waals surface area contributed by atoms with E-state index < -0.39 is 0 Å². The summed E-state index contributed by atoms with van der Waals surface area (Å²) >= 11 is 0. The van der Waals surface area contributed by atoms with Gasteiger partial charge in [-0.3, -0.25) is 9.58 Å². The van der Waals surface area contributed by atoms with Gasteiger partial charge in [0.05, 0.1) is 25.8 Å². The molecule has 1 saturated carbocycles. The third-order valence-electron chi connectivity index (χ3n) is 7.20. The number of ether oxygens (including phenoxy) is 2. The van der Waals surface area contributed by atoms with E-state index in [0.29, 0.717) is 6.54 Å². The lowest BCUT2D eigenvalue weighted by atomic mass is 9.94. The van der Waals surface area contributed by atoms with Gasteiger partial charge in [0.2, 0.25) is 5.95 Å². The minimum Gasteiger partial charge on any atom is -0.497 e. The number of benzene rings is 1. The topological polar surface area (TPSA) is 80.6 Å². The van der Waals surface area contributed by atoms with Crippen molar-refractivity contribution >= 4 is 22.8 Å². The second kappa shape index (κ2) is 10.0. The maximum atomic E-state index is 5.55. The first-order valence-electron chi connectivity index (χ1n) is 12.3. The van der Waals surface area contributed by atoms with Crippen molar-refractivity contribution in [2.24, 2.45) is 7.05 Å². The number of methoxy groups -OCH3 is 2. The van der Waals surface area contributed by atoms with Gasteiger partial charge in [-0.05, 0) is 31.0 Å². The van der Waals surface area contributed by atoms with Crippen LogP contribution in [0.2, 0.25) is 0 Å². The van der Waals surface area contributed by atoms with Crippen molar-refractivity contribution in [3.63, 3.8) is 0 Å². The summed E-state index contributed by atoms with van der Waals surface area (Å²) in [5.41, 5.74) is 1.83. The molecule has 2 aliphatic rings. The zero-order chi connectivity index (χ0) is 23.5. The van der Waals surface area contributed by atoms with Gasteiger partial charge in [-0.15, -0.1) is 0 Å². The van der Waals surface area contributed by atoms with E-state index in [4.69, 9.17) is 19.4 Å². The van der Waals surface area contributed by atoms with Crippen LogP contribution in [0, 0.1) is 0 Å². The maximum Gasteiger partial charge on any atom is 0.229 e. The molecule has 9 nitrogen and oxygen atoms in total. The lowest BCUT2D eigenvalue weighted by Crippen LogP contribution is -2.51. The number of piperazine rings is 1. The third-order valence-corrected chi connectivity index (χ3v) is 7.20. The largest absolute Gasteiger partial charge is 0.497 e. The van der Waals surface area contributed by atoms with Gasteiger partial charge >= 0.3 is 0 Å². The highest BCUT2D eigenvalue weighted by Crippen LogP contribution is 2.29. The molecule has 5 rings (SSSR count). The highest BCUT2D eigenvalue weighted by Gasteiger charge is 2.27. The number of aryl methyl sites for hydroxylation is 1. The van der Waals surface area contributed by atoms with Crippen LogP contribution < -0.4 is 19.7 Å². The SMILES string of the molecule is COc1ccc(OC)c(CNc2nc(N3CCN(C4CCCCC4)CC3)nc3c2cnn3C)c1. The van der Waals surface area contributed by atoms with Gasteiger partial charge in [0, 0.05) is 51.4 Å². The molecule has 0 radical (unpaired) electrons. The van der Waals surface area contributed by atoms with Crippen molar-refractivity contribution in [1.82, 2.24) is 24.6 Å². The van der Waals surface area contributed by atoms with Gasteiger partial charge in [0.15, 0.2) is 5.65 Å². The molecule has 182 valence electrons. The van der Waals surface area contributed by atoms with E-state index in [9.17, 15) is 0 Å². The van der Waals surface area contributed by atoms with Crippen LogP contribution in [0.4, 0.5) is 11.8 Å². The molecule has 0 atom stereocenters. The van der Waals surface area contributed by atoms with Crippen LogP contribution in [0.15, 0.2) is 24.4 Å². The van der Waals surface area contributed by atoms with Gasteiger partial charge in [-0.25, -0.2) is 0 Å². The Morgan fingerprint density at radius 2 is 1.79 bits per heavy atom. The van der Waals surface area contributed by atoms with Crippen LogP contribution in [0.5, 0.6) is 11.5 Å². The number of rotatable bonds is 7. The molecule has 1 saturated heterocycles. The normalized spacial score (nSPS) is 17.8. The Morgan fingerprint density at radius 3 is 2.53 bits per heavy atom. The van der Waals surface area contributed by atoms with E-state index in [1.54, 1.807) is 14.2 Å². The number of hydrogen-bond donors (Lipinski definition) is 1. The van der Waals surface area contributed by atoms with Crippen LogP contribution in [0.3, 0.4) is 0 Å². The number of hydrogen-bond acceptors (Lipinski definition) is 8. The van der Waals surface area contributed by atoms with E-state index >= 15 is 0 Å². The summed E-state index contributed by atoms with van der Waals surface area (Å²) in [5, 5.41) is 8.85. The second-order valence-corrected chi connectivity index (χ2v) is 9.22. The Labute approximate surface area is 201 Å². The second-order valence-electron chi connectivity index (χ2n) is 9.22. The average molecular weight is 466 g/mol. The number of nitrogens with one attached hydrogen (secondary N) is 1. The van der Waals surface area contributed by atoms with Crippen molar-refractivity contribution < 1.29 is 9.47 Å². The Morgan fingerprint density at radius 1 is 1.00 bits per heavy atom. The average Bonchev–Trinajstić information content (AvgIpc) is 3.28. The van der Waals surface area contributed by atoms with Gasteiger partial charge in [0.25, 0.3) is 0 Å². The molecule has 0 bridgehead atoms. The maximum absolute atomic E-state index is 5.55. The molecule has 34 heavy (non-hydrogen) atoms. The zero-order valence-corrected chi connectivity index (χ0v) is 20.5. The first-order valence-corrected chi connectivity index (χ1v) is 12.3. The number of nitrogens with zero attached hydrogens (tertiary/aromatic N) is 6. The number of anilines is 2. The van der Waals surface area contributed by atoms with Crippen molar-refractivity contribution in [2.45, 2.75) is 44.7 Å². The monoisotopic (exact) mass is 465 g/mol. The summed E-state index contributed by atoms with van der Waals surface area (Å²) in [7, 11) is 5.28. The van der Waals surface area contributed by atoms with Gasteiger partial charge in [0.1, 0.15) is 17.3 Å². The molecule has 3 heterocycles. The van der Waals surface area contributed by atoms with Gasteiger partial charge in [-0.2, -0.15) is 15.1 Å². The summed E-state index contributed by atoms with van der Waals surface area (Å²) in [6.07, 6.45) is 8.66. The fourth-order valence-electron chi connectivity index (χ4n) is 5.22. The molecule has 1 aliphatic carbocycles. The minimum atomic E-state index is 0.552. The van der Waals surface area contributed by atoms with Crippen LogP contribution in [0.25, 0.3) is 11.0 Å². The molecule has 1 aromatic carbocycles. The molecule has 0 amide bonds. The summed E-state index contributed by atoms with van der Waals surface area (Å²) in [5.74, 6) is 3.15. The first kappa shape index (κ1) is 22.7. The molecule has 2 fully saturated rings. The third kappa shape index (κ3) is 4.61. The van der Waals surface area contributed by atoms with Gasteiger partial charge in [-0.1, -0.05) is 19.3 Å². The highest BCUT2D eigenvalue weighted by molar-refractivity contribution is 5.87. The number of aromatic nitrogens is 4.